The summed E-state index contributed by atoms with van der Waals surface area (Å²) in [5, 5.41) is 3.87. The van der Waals surface area contributed by atoms with Crippen LogP contribution in [0.25, 0.3) is 11.0 Å². The number of anilines is 1. The maximum atomic E-state index is 12.3. The molecule has 2 bridgehead atoms. The van der Waals surface area contributed by atoms with Crippen molar-refractivity contribution < 1.29 is 9.21 Å². The minimum absolute atomic E-state index is 0.0774. The number of rotatable bonds is 2. The fraction of sp³-hybridized carbons (Fsp3) is 0.467. The number of amides is 1. The maximum absolute atomic E-state index is 12.3. The molecule has 1 amide bonds. The third-order valence-electron chi connectivity index (χ3n) is 4.41. The second-order valence-corrected chi connectivity index (χ2v) is 5.86. The average Bonchev–Trinajstić information content (AvgIpc) is 3.01. The largest absolute Gasteiger partial charge is 0.439 e. The van der Waals surface area contributed by atoms with Gasteiger partial charge in [0.1, 0.15) is 0 Å². The van der Waals surface area contributed by atoms with Gasteiger partial charge in [-0.3, -0.25) is 15.1 Å². The van der Waals surface area contributed by atoms with E-state index in [1.165, 1.54) is 13.0 Å². The molecule has 5 nitrogen and oxygen atoms in total. The van der Waals surface area contributed by atoms with Gasteiger partial charge in [-0.25, -0.2) is 0 Å². The first-order valence-corrected chi connectivity index (χ1v) is 7.15. The van der Waals surface area contributed by atoms with Crippen molar-refractivity contribution in [3.8, 4) is 0 Å². The maximum Gasteiger partial charge on any atom is 0.231 e. The molecule has 4 heterocycles. The van der Waals surface area contributed by atoms with Crippen molar-refractivity contribution in [1.29, 1.82) is 0 Å². The van der Waals surface area contributed by atoms with Crippen molar-refractivity contribution in [2.75, 3.05) is 25.0 Å². The predicted molar refractivity (Wildman–Crippen MR) is 75.3 cm³/mol. The van der Waals surface area contributed by atoms with Crippen LogP contribution in [0.4, 0.5) is 5.88 Å². The molecule has 2 aromatic rings. The minimum Gasteiger partial charge on any atom is -0.439 e. The van der Waals surface area contributed by atoms with Gasteiger partial charge in [-0.1, -0.05) is 0 Å². The van der Waals surface area contributed by atoms with Crippen LogP contribution >= 0.6 is 0 Å². The Bertz CT molecular complexity index is 606. The van der Waals surface area contributed by atoms with Crippen molar-refractivity contribution in [1.82, 2.24) is 9.88 Å². The van der Waals surface area contributed by atoms with E-state index in [-0.39, 0.29) is 11.8 Å². The number of fused-ring (bicyclic) bond motifs is 3. The molecule has 2 fully saturated rings. The van der Waals surface area contributed by atoms with Crippen molar-refractivity contribution in [3.05, 3.63) is 24.5 Å². The zero-order valence-electron chi connectivity index (χ0n) is 11.2. The monoisotopic (exact) mass is 271 g/mol. The molecule has 0 aromatic carbocycles. The normalized spacial score (nSPS) is 28.7. The number of hydrogen-bond donors (Lipinski definition) is 1. The van der Waals surface area contributed by atoms with Gasteiger partial charge in [-0.2, -0.15) is 0 Å². The Morgan fingerprint density at radius 3 is 3.25 bits per heavy atom. The zero-order chi connectivity index (χ0) is 13.5. The summed E-state index contributed by atoms with van der Waals surface area (Å²) in [6, 6.07) is 3.73. The van der Waals surface area contributed by atoms with Gasteiger partial charge in [0.2, 0.25) is 11.8 Å². The van der Waals surface area contributed by atoms with Crippen LogP contribution < -0.4 is 5.32 Å². The Morgan fingerprint density at radius 1 is 1.45 bits per heavy atom. The molecular formula is C15H17N3O2. The Hall–Kier alpha value is -1.88. The van der Waals surface area contributed by atoms with Crippen LogP contribution in [0.2, 0.25) is 0 Å². The molecule has 2 unspecified atom stereocenters. The Labute approximate surface area is 117 Å². The zero-order valence-corrected chi connectivity index (χ0v) is 11.2. The van der Waals surface area contributed by atoms with Crippen LogP contribution in [0.1, 0.15) is 12.8 Å². The van der Waals surface area contributed by atoms with E-state index in [1.54, 1.807) is 12.4 Å². The highest BCUT2D eigenvalue weighted by Gasteiger charge is 2.35. The lowest BCUT2D eigenvalue weighted by Crippen LogP contribution is -2.39. The van der Waals surface area contributed by atoms with E-state index in [1.807, 2.05) is 12.1 Å². The van der Waals surface area contributed by atoms with E-state index < -0.39 is 0 Å². The van der Waals surface area contributed by atoms with Crippen LogP contribution in [0, 0.1) is 11.8 Å². The average molecular weight is 271 g/mol. The summed E-state index contributed by atoms with van der Waals surface area (Å²) in [5.74, 6) is 1.38. The molecule has 0 saturated carbocycles. The first kappa shape index (κ1) is 11.9. The smallest absolute Gasteiger partial charge is 0.231 e. The highest BCUT2D eigenvalue weighted by Crippen LogP contribution is 2.31. The number of hydrogen-bond acceptors (Lipinski definition) is 4. The van der Waals surface area contributed by atoms with Gasteiger partial charge in [-0.05, 0) is 31.4 Å². The molecular weight excluding hydrogens is 254 g/mol. The predicted octanol–water partition coefficient (Wildman–Crippen LogP) is 2.11. The van der Waals surface area contributed by atoms with Gasteiger partial charge in [0.25, 0.3) is 0 Å². The SMILES string of the molecule is O=C(Nc1cc2ccncc2o1)[C@@H]1CC2CCN(C2)C1. The van der Waals surface area contributed by atoms with Gasteiger partial charge in [-0.15, -0.1) is 0 Å². The highest BCUT2D eigenvalue weighted by atomic mass is 16.4. The molecule has 0 radical (unpaired) electrons. The number of piperidine rings is 1. The molecule has 3 atom stereocenters. The Morgan fingerprint density at radius 2 is 2.40 bits per heavy atom. The first-order chi connectivity index (χ1) is 9.78. The molecule has 1 N–H and O–H groups in total. The third-order valence-corrected chi connectivity index (χ3v) is 4.41. The number of nitrogens with zero attached hydrogens (tertiary/aromatic N) is 2. The Kier molecular flexibility index (Phi) is 2.73. The molecule has 2 aromatic heterocycles. The van der Waals surface area contributed by atoms with E-state index in [0.29, 0.717) is 17.4 Å². The van der Waals surface area contributed by atoms with Gasteiger partial charge in [0.05, 0.1) is 12.1 Å². The van der Waals surface area contributed by atoms with Crippen LogP contribution in [0.15, 0.2) is 28.9 Å². The molecule has 2 aliphatic heterocycles. The molecule has 2 aliphatic rings. The summed E-state index contributed by atoms with van der Waals surface area (Å²) in [4.78, 5) is 18.7. The summed E-state index contributed by atoms with van der Waals surface area (Å²) >= 11 is 0. The van der Waals surface area contributed by atoms with E-state index in [2.05, 4.69) is 15.2 Å². The van der Waals surface area contributed by atoms with E-state index >= 15 is 0 Å². The molecule has 0 aliphatic carbocycles. The van der Waals surface area contributed by atoms with E-state index in [9.17, 15) is 4.79 Å². The fourth-order valence-corrected chi connectivity index (χ4v) is 3.42. The lowest BCUT2D eigenvalue weighted by atomic mass is 9.91. The van der Waals surface area contributed by atoms with Crippen LogP contribution in [0.3, 0.4) is 0 Å². The summed E-state index contributed by atoms with van der Waals surface area (Å²) in [5.41, 5.74) is 0.704. The van der Waals surface area contributed by atoms with Gasteiger partial charge in [0.15, 0.2) is 5.58 Å². The number of aromatic nitrogens is 1. The second kappa shape index (κ2) is 4.59. The number of nitrogens with one attached hydrogen (secondary N) is 1. The molecule has 0 spiro atoms. The quantitative estimate of drug-likeness (QED) is 0.908. The summed E-state index contributed by atoms with van der Waals surface area (Å²) in [6.45, 7) is 3.19. The summed E-state index contributed by atoms with van der Waals surface area (Å²) in [6.07, 6.45) is 5.62. The van der Waals surface area contributed by atoms with E-state index in [4.69, 9.17) is 4.42 Å². The number of carbonyl (C=O) groups is 1. The van der Waals surface area contributed by atoms with Crippen LogP contribution in [-0.2, 0) is 4.79 Å². The van der Waals surface area contributed by atoms with Crippen molar-refractivity contribution >= 4 is 22.8 Å². The van der Waals surface area contributed by atoms with Crippen molar-refractivity contribution in [2.24, 2.45) is 11.8 Å². The molecule has 2 saturated heterocycles. The van der Waals surface area contributed by atoms with E-state index in [0.717, 1.165) is 24.9 Å². The topological polar surface area (TPSA) is 58.4 Å². The number of carbonyl (C=O) groups excluding carboxylic acids is 1. The second-order valence-electron chi connectivity index (χ2n) is 5.86. The molecule has 4 rings (SSSR count). The number of pyridine rings is 1. The molecule has 104 valence electrons. The Balaban J connectivity index is 1.49. The van der Waals surface area contributed by atoms with Gasteiger partial charge in [0, 0.05) is 30.7 Å². The minimum atomic E-state index is 0.0774. The summed E-state index contributed by atoms with van der Waals surface area (Å²) < 4.78 is 5.59. The van der Waals surface area contributed by atoms with Crippen LogP contribution in [-0.4, -0.2) is 35.4 Å². The lowest BCUT2D eigenvalue weighted by molar-refractivity contribution is -0.121. The van der Waals surface area contributed by atoms with Crippen molar-refractivity contribution in [3.63, 3.8) is 0 Å². The van der Waals surface area contributed by atoms with Crippen LogP contribution in [0.5, 0.6) is 0 Å². The number of furan rings is 1. The van der Waals surface area contributed by atoms with Crippen molar-refractivity contribution in [2.45, 2.75) is 12.8 Å². The van der Waals surface area contributed by atoms with Gasteiger partial charge < -0.3 is 9.32 Å². The fourth-order valence-electron chi connectivity index (χ4n) is 3.42. The summed E-state index contributed by atoms with van der Waals surface area (Å²) in [7, 11) is 0. The third kappa shape index (κ3) is 2.08. The highest BCUT2D eigenvalue weighted by molar-refractivity contribution is 5.93. The molecule has 5 heteroatoms. The molecule has 20 heavy (non-hydrogen) atoms. The standard InChI is InChI=1S/C15H17N3O2/c19-15(12-5-10-2-4-18(8-10)9-12)17-14-6-11-1-3-16-7-13(11)20-14/h1,3,6-7,10,12H,2,4-5,8-9H2,(H,17,19)/t10?,12-/m1/s1. The lowest BCUT2D eigenvalue weighted by Gasteiger charge is -2.28. The first-order valence-electron chi connectivity index (χ1n) is 7.15. The van der Waals surface area contributed by atoms with Gasteiger partial charge >= 0.3 is 0 Å².